The van der Waals surface area contributed by atoms with E-state index in [0.29, 0.717) is 25.2 Å². The maximum absolute atomic E-state index is 12.2. The Morgan fingerprint density at radius 1 is 1.15 bits per heavy atom. The van der Waals surface area contributed by atoms with Crippen LogP contribution in [0.3, 0.4) is 0 Å². The molecule has 5 heteroatoms. The second-order valence-corrected chi connectivity index (χ2v) is 8.31. The van der Waals surface area contributed by atoms with Gasteiger partial charge in [-0.1, -0.05) is 19.8 Å². The second-order valence-electron chi connectivity index (χ2n) is 6.26. The standard InChI is InChI=1S/C15H30NO3P/c1-3-4-12-18-20(2,17)19-13-14-8-7-11-16-10-6-5-9-15(14)16/h14-15H,3-13H2,1-2H3/t14-,15+,20-/m1/s1. The second kappa shape index (κ2) is 7.93. The van der Waals surface area contributed by atoms with Crippen LogP contribution in [0.5, 0.6) is 0 Å². The fraction of sp³-hybridized carbons (Fsp3) is 1.00. The third-order valence-electron chi connectivity index (χ3n) is 4.58. The Balaban J connectivity index is 1.78. The SMILES string of the molecule is CCCCO[P@@](C)(=O)OC[C@H]1CCCN2CCCC[C@@H]12. The lowest BCUT2D eigenvalue weighted by molar-refractivity contribution is 0.0329. The van der Waals surface area contributed by atoms with Crippen LogP contribution in [0.15, 0.2) is 0 Å². The number of nitrogens with zero attached hydrogens (tertiary/aromatic N) is 1. The third-order valence-corrected chi connectivity index (χ3v) is 5.85. The maximum Gasteiger partial charge on any atom is 0.327 e. The lowest BCUT2D eigenvalue weighted by Crippen LogP contribution is -2.49. The minimum absolute atomic E-state index is 0.534. The summed E-state index contributed by atoms with van der Waals surface area (Å²) in [6.45, 7) is 7.33. The Bertz CT molecular complexity index is 335. The molecule has 2 heterocycles. The lowest BCUT2D eigenvalue weighted by atomic mass is 9.84. The zero-order chi connectivity index (χ0) is 14.4. The van der Waals surface area contributed by atoms with Gasteiger partial charge in [0, 0.05) is 12.7 Å². The van der Waals surface area contributed by atoms with Gasteiger partial charge >= 0.3 is 7.60 Å². The summed E-state index contributed by atoms with van der Waals surface area (Å²) in [5, 5.41) is 0. The van der Waals surface area contributed by atoms with Gasteiger partial charge in [-0.25, -0.2) is 0 Å². The molecule has 2 fully saturated rings. The molecule has 0 saturated carbocycles. The predicted octanol–water partition coefficient (Wildman–Crippen LogP) is 3.91. The fourth-order valence-corrected chi connectivity index (χ4v) is 4.41. The molecule has 2 aliphatic heterocycles. The van der Waals surface area contributed by atoms with Crippen LogP contribution >= 0.6 is 7.60 Å². The monoisotopic (exact) mass is 303 g/mol. The first-order chi connectivity index (χ1) is 9.62. The van der Waals surface area contributed by atoms with Gasteiger partial charge in [0.25, 0.3) is 0 Å². The number of rotatable bonds is 7. The average molecular weight is 303 g/mol. The first-order valence-electron chi connectivity index (χ1n) is 8.23. The molecule has 0 amide bonds. The van der Waals surface area contributed by atoms with Crippen molar-refractivity contribution in [2.75, 3.05) is 33.0 Å². The van der Waals surface area contributed by atoms with E-state index in [9.17, 15) is 4.57 Å². The molecule has 2 aliphatic rings. The highest BCUT2D eigenvalue weighted by Gasteiger charge is 2.34. The van der Waals surface area contributed by atoms with Crippen LogP contribution in [-0.2, 0) is 13.6 Å². The topological polar surface area (TPSA) is 38.8 Å². The number of hydrogen-bond donors (Lipinski definition) is 0. The molecule has 0 aliphatic carbocycles. The quantitative estimate of drug-likeness (QED) is 0.528. The van der Waals surface area contributed by atoms with Gasteiger partial charge in [0.2, 0.25) is 0 Å². The number of fused-ring (bicyclic) bond motifs is 1. The van der Waals surface area contributed by atoms with Crippen LogP contribution < -0.4 is 0 Å². The summed E-state index contributed by atoms with van der Waals surface area (Å²) in [7, 11) is -2.85. The summed E-state index contributed by atoms with van der Waals surface area (Å²) < 4.78 is 23.3. The van der Waals surface area contributed by atoms with E-state index in [4.69, 9.17) is 9.05 Å². The van der Waals surface area contributed by atoms with E-state index in [-0.39, 0.29) is 0 Å². The van der Waals surface area contributed by atoms with Gasteiger partial charge in [-0.15, -0.1) is 0 Å². The van der Waals surface area contributed by atoms with Gasteiger partial charge in [-0.3, -0.25) is 4.57 Å². The van der Waals surface area contributed by atoms with Crippen molar-refractivity contribution in [1.82, 2.24) is 4.90 Å². The molecule has 3 atom stereocenters. The first kappa shape index (κ1) is 16.5. The fourth-order valence-electron chi connectivity index (χ4n) is 3.41. The van der Waals surface area contributed by atoms with Crippen molar-refractivity contribution in [3.05, 3.63) is 0 Å². The van der Waals surface area contributed by atoms with Gasteiger partial charge in [-0.2, -0.15) is 0 Å². The first-order valence-corrected chi connectivity index (χ1v) is 10.2. The molecule has 20 heavy (non-hydrogen) atoms. The minimum Gasteiger partial charge on any atom is -0.309 e. The van der Waals surface area contributed by atoms with Gasteiger partial charge in [0.1, 0.15) is 0 Å². The van der Waals surface area contributed by atoms with Crippen LogP contribution in [0.4, 0.5) is 0 Å². The van der Waals surface area contributed by atoms with E-state index in [1.54, 1.807) is 6.66 Å². The summed E-state index contributed by atoms with van der Waals surface area (Å²) in [6.07, 6.45) is 8.38. The van der Waals surface area contributed by atoms with Crippen molar-refractivity contribution in [2.24, 2.45) is 5.92 Å². The van der Waals surface area contributed by atoms with Gasteiger partial charge in [0.15, 0.2) is 0 Å². The molecular formula is C15H30NO3P. The van der Waals surface area contributed by atoms with Gasteiger partial charge in [0.05, 0.1) is 13.2 Å². The minimum atomic E-state index is -2.85. The summed E-state index contributed by atoms with van der Waals surface area (Å²) in [5.74, 6) is 0.534. The molecular weight excluding hydrogens is 273 g/mol. The van der Waals surface area contributed by atoms with Crippen molar-refractivity contribution in [3.63, 3.8) is 0 Å². The Kier molecular flexibility index (Phi) is 6.54. The van der Waals surface area contributed by atoms with Gasteiger partial charge < -0.3 is 13.9 Å². The van der Waals surface area contributed by atoms with E-state index < -0.39 is 7.60 Å². The maximum atomic E-state index is 12.2. The van der Waals surface area contributed by atoms with Crippen molar-refractivity contribution >= 4 is 7.60 Å². The smallest absolute Gasteiger partial charge is 0.309 e. The molecule has 4 nitrogen and oxygen atoms in total. The predicted molar refractivity (Wildman–Crippen MR) is 82.3 cm³/mol. The van der Waals surface area contributed by atoms with E-state index in [1.165, 1.54) is 45.2 Å². The molecule has 0 spiro atoms. The average Bonchev–Trinajstić information content (AvgIpc) is 2.45. The van der Waals surface area contributed by atoms with Gasteiger partial charge in [-0.05, 0) is 51.1 Å². The van der Waals surface area contributed by atoms with Crippen LogP contribution in [0, 0.1) is 5.92 Å². The molecule has 0 aromatic heterocycles. The van der Waals surface area contributed by atoms with Crippen molar-refractivity contribution < 1.29 is 13.6 Å². The largest absolute Gasteiger partial charge is 0.327 e. The van der Waals surface area contributed by atoms with Crippen molar-refractivity contribution in [3.8, 4) is 0 Å². The zero-order valence-electron chi connectivity index (χ0n) is 13.1. The van der Waals surface area contributed by atoms with E-state index in [2.05, 4.69) is 11.8 Å². The highest BCUT2D eigenvalue weighted by Crippen LogP contribution is 2.45. The van der Waals surface area contributed by atoms with E-state index >= 15 is 0 Å². The Hall–Kier alpha value is 0.110. The van der Waals surface area contributed by atoms with Crippen molar-refractivity contribution in [1.29, 1.82) is 0 Å². The molecule has 2 rings (SSSR count). The molecule has 0 unspecified atom stereocenters. The van der Waals surface area contributed by atoms with Crippen LogP contribution in [0.2, 0.25) is 0 Å². The summed E-state index contributed by atoms with van der Waals surface area (Å²) >= 11 is 0. The number of hydrogen-bond acceptors (Lipinski definition) is 4. The van der Waals surface area contributed by atoms with E-state index in [0.717, 1.165) is 12.8 Å². The molecule has 0 aromatic carbocycles. The highest BCUT2D eigenvalue weighted by atomic mass is 31.2. The summed E-state index contributed by atoms with van der Waals surface area (Å²) in [5.41, 5.74) is 0. The third kappa shape index (κ3) is 4.84. The molecule has 0 radical (unpaired) electrons. The summed E-state index contributed by atoms with van der Waals surface area (Å²) in [6, 6.07) is 0.646. The Labute approximate surface area is 123 Å². The number of piperidine rings is 2. The normalized spacial score (nSPS) is 30.7. The summed E-state index contributed by atoms with van der Waals surface area (Å²) in [4.78, 5) is 2.61. The van der Waals surface area contributed by atoms with Crippen LogP contribution in [0.25, 0.3) is 0 Å². The number of unbranched alkanes of at least 4 members (excludes halogenated alkanes) is 1. The lowest BCUT2D eigenvalue weighted by Gasteiger charge is -2.44. The molecule has 0 N–H and O–H groups in total. The molecule has 0 aromatic rings. The molecule has 0 bridgehead atoms. The zero-order valence-corrected chi connectivity index (χ0v) is 13.9. The highest BCUT2D eigenvalue weighted by molar-refractivity contribution is 7.52. The molecule has 118 valence electrons. The van der Waals surface area contributed by atoms with E-state index in [1.807, 2.05) is 0 Å². The Morgan fingerprint density at radius 2 is 1.95 bits per heavy atom. The Morgan fingerprint density at radius 3 is 2.75 bits per heavy atom. The van der Waals surface area contributed by atoms with Crippen LogP contribution in [0.1, 0.15) is 51.9 Å². The van der Waals surface area contributed by atoms with Crippen molar-refractivity contribution in [2.45, 2.75) is 57.9 Å². The van der Waals surface area contributed by atoms with Crippen LogP contribution in [-0.4, -0.2) is 43.9 Å². The molecule has 2 saturated heterocycles.